The van der Waals surface area contributed by atoms with E-state index in [4.69, 9.17) is 5.26 Å². The summed E-state index contributed by atoms with van der Waals surface area (Å²) in [7, 11) is 0. The zero-order valence-electron chi connectivity index (χ0n) is 11.4. The van der Waals surface area contributed by atoms with Crippen molar-refractivity contribution < 1.29 is 0 Å². The van der Waals surface area contributed by atoms with Crippen molar-refractivity contribution in [2.24, 2.45) is 0 Å². The van der Waals surface area contributed by atoms with Crippen LogP contribution in [0.2, 0.25) is 0 Å². The lowest BCUT2D eigenvalue weighted by Gasteiger charge is -2.02. The Morgan fingerprint density at radius 2 is 1.91 bits per heavy atom. The van der Waals surface area contributed by atoms with Gasteiger partial charge in [0, 0.05) is 5.75 Å². The average molecular weight is 322 g/mol. The molecule has 0 fully saturated rings. The normalized spacial score (nSPS) is 11.0. The topological polar surface area (TPSA) is 54.0 Å². The molecule has 0 atom stereocenters. The highest BCUT2D eigenvalue weighted by atomic mass is 32.2. The number of fused-ring (bicyclic) bond motifs is 3. The van der Waals surface area contributed by atoms with Gasteiger partial charge >= 0.3 is 0 Å². The van der Waals surface area contributed by atoms with Crippen LogP contribution in [-0.4, -0.2) is 14.6 Å². The molecule has 4 aromatic rings. The van der Waals surface area contributed by atoms with Gasteiger partial charge in [0.15, 0.2) is 5.16 Å². The fraction of sp³-hybridized carbons (Fsp3) is 0.0625. The van der Waals surface area contributed by atoms with Crippen LogP contribution >= 0.6 is 23.1 Å². The molecule has 0 N–H and O–H groups in total. The summed E-state index contributed by atoms with van der Waals surface area (Å²) in [5, 5.41) is 18.6. The molecule has 4 rings (SSSR count). The van der Waals surface area contributed by atoms with Crippen molar-refractivity contribution in [3.8, 4) is 6.07 Å². The summed E-state index contributed by atoms with van der Waals surface area (Å²) in [5.74, 6) is 0.703. The molecule has 2 heterocycles. The largest absolute Gasteiger partial charge is 0.260 e. The molecule has 0 spiro atoms. The van der Waals surface area contributed by atoms with E-state index in [0.717, 1.165) is 21.2 Å². The van der Waals surface area contributed by atoms with Gasteiger partial charge in [-0.15, -0.1) is 10.2 Å². The molecular weight excluding hydrogens is 312 g/mol. The van der Waals surface area contributed by atoms with E-state index in [2.05, 4.69) is 32.8 Å². The molecule has 0 aliphatic heterocycles. The molecule has 2 aromatic heterocycles. The molecule has 2 aromatic carbocycles. The summed E-state index contributed by atoms with van der Waals surface area (Å²) in [5.41, 5.74) is 2.86. The fourth-order valence-corrected chi connectivity index (χ4v) is 4.32. The van der Waals surface area contributed by atoms with Gasteiger partial charge in [-0.25, -0.2) is 0 Å². The Balaban J connectivity index is 1.72. The number of para-hydroxylation sites is 1. The second-order valence-electron chi connectivity index (χ2n) is 4.73. The van der Waals surface area contributed by atoms with Crippen molar-refractivity contribution in [1.82, 2.24) is 14.6 Å². The summed E-state index contributed by atoms with van der Waals surface area (Å²) in [6, 6.07) is 18.1. The van der Waals surface area contributed by atoms with Gasteiger partial charge < -0.3 is 0 Å². The van der Waals surface area contributed by atoms with Crippen molar-refractivity contribution in [1.29, 1.82) is 5.26 Å². The number of hydrogen-bond donors (Lipinski definition) is 0. The minimum absolute atomic E-state index is 0.703. The van der Waals surface area contributed by atoms with Crippen LogP contribution in [0.3, 0.4) is 0 Å². The number of benzene rings is 2. The first-order valence-corrected chi connectivity index (χ1v) is 8.50. The van der Waals surface area contributed by atoms with Gasteiger partial charge in [0.1, 0.15) is 0 Å². The van der Waals surface area contributed by atoms with Crippen LogP contribution in [0.15, 0.2) is 53.7 Å². The van der Waals surface area contributed by atoms with Gasteiger partial charge in [-0.3, -0.25) is 4.40 Å². The van der Waals surface area contributed by atoms with E-state index in [-0.39, 0.29) is 0 Å². The van der Waals surface area contributed by atoms with Gasteiger partial charge in [-0.1, -0.05) is 53.4 Å². The summed E-state index contributed by atoms with van der Waals surface area (Å²) >= 11 is 3.24. The SMILES string of the molecule is N#Cc1ccccc1CSc1nnc2sc3ccccc3n12. The molecule has 106 valence electrons. The molecule has 0 saturated heterocycles. The molecule has 0 bridgehead atoms. The number of rotatable bonds is 3. The summed E-state index contributed by atoms with van der Waals surface area (Å²) in [6.07, 6.45) is 0. The standard InChI is InChI=1S/C16H10N4S2/c17-9-11-5-1-2-6-12(11)10-21-15-18-19-16-20(15)13-7-3-4-8-14(13)22-16/h1-8H,10H2. The van der Waals surface area contributed by atoms with E-state index in [1.54, 1.807) is 23.1 Å². The first-order valence-electron chi connectivity index (χ1n) is 6.70. The minimum Gasteiger partial charge on any atom is -0.260 e. The number of nitrogens with zero attached hydrogens (tertiary/aromatic N) is 4. The molecular formula is C16H10N4S2. The zero-order chi connectivity index (χ0) is 14.9. The first-order chi connectivity index (χ1) is 10.9. The van der Waals surface area contributed by atoms with Gasteiger partial charge in [-0.2, -0.15) is 5.26 Å². The van der Waals surface area contributed by atoms with E-state index in [0.29, 0.717) is 11.3 Å². The second-order valence-corrected chi connectivity index (χ2v) is 6.68. The summed E-state index contributed by atoms with van der Waals surface area (Å²) in [4.78, 5) is 0.900. The van der Waals surface area contributed by atoms with Crippen molar-refractivity contribution in [2.45, 2.75) is 10.9 Å². The van der Waals surface area contributed by atoms with E-state index in [9.17, 15) is 0 Å². The second kappa shape index (κ2) is 5.44. The highest BCUT2D eigenvalue weighted by Crippen LogP contribution is 2.31. The first kappa shape index (κ1) is 13.3. The van der Waals surface area contributed by atoms with Crippen LogP contribution < -0.4 is 0 Å². The zero-order valence-corrected chi connectivity index (χ0v) is 13.1. The maximum absolute atomic E-state index is 9.16. The summed E-state index contributed by atoms with van der Waals surface area (Å²) in [6.45, 7) is 0. The minimum atomic E-state index is 0.703. The number of aromatic nitrogens is 3. The molecule has 4 nitrogen and oxygen atoms in total. The molecule has 0 aliphatic rings. The fourth-order valence-electron chi connectivity index (χ4n) is 2.35. The Bertz CT molecular complexity index is 1010. The van der Waals surface area contributed by atoms with E-state index in [1.165, 1.54) is 4.70 Å². The van der Waals surface area contributed by atoms with Gasteiger partial charge in [-0.05, 0) is 23.8 Å². The lowest BCUT2D eigenvalue weighted by atomic mass is 10.1. The maximum atomic E-state index is 9.16. The third-order valence-electron chi connectivity index (χ3n) is 3.41. The third-order valence-corrected chi connectivity index (χ3v) is 5.40. The Hall–Kier alpha value is -2.36. The molecule has 22 heavy (non-hydrogen) atoms. The van der Waals surface area contributed by atoms with E-state index < -0.39 is 0 Å². The number of hydrogen-bond acceptors (Lipinski definition) is 5. The van der Waals surface area contributed by atoms with Crippen LogP contribution in [0.25, 0.3) is 15.2 Å². The smallest absolute Gasteiger partial charge is 0.217 e. The molecule has 6 heteroatoms. The molecule has 0 amide bonds. The van der Waals surface area contributed by atoms with Crippen molar-refractivity contribution >= 4 is 38.3 Å². The Morgan fingerprint density at radius 3 is 2.82 bits per heavy atom. The van der Waals surface area contributed by atoms with Gasteiger partial charge in [0.05, 0.1) is 21.8 Å². The van der Waals surface area contributed by atoms with Crippen molar-refractivity contribution in [3.05, 3.63) is 59.7 Å². The van der Waals surface area contributed by atoms with Gasteiger partial charge in [0.2, 0.25) is 4.96 Å². The highest BCUT2D eigenvalue weighted by molar-refractivity contribution is 7.98. The lowest BCUT2D eigenvalue weighted by molar-refractivity contribution is 0.940. The van der Waals surface area contributed by atoms with E-state index >= 15 is 0 Å². The predicted molar refractivity (Wildman–Crippen MR) is 89.1 cm³/mol. The molecule has 0 radical (unpaired) electrons. The van der Waals surface area contributed by atoms with E-state index in [1.807, 2.05) is 36.4 Å². The Kier molecular flexibility index (Phi) is 3.29. The molecule has 0 unspecified atom stereocenters. The Labute approximate surface area is 135 Å². The Morgan fingerprint density at radius 1 is 1.09 bits per heavy atom. The van der Waals surface area contributed by atoms with Crippen LogP contribution in [-0.2, 0) is 5.75 Å². The van der Waals surface area contributed by atoms with Gasteiger partial charge in [0.25, 0.3) is 0 Å². The van der Waals surface area contributed by atoms with Crippen LogP contribution in [0.5, 0.6) is 0 Å². The number of thiazole rings is 1. The highest BCUT2D eigenvalue weighted by Gasteiger charge is 2.13. The lowest BCUT2D eigenvalue weighted by Crippen LogP contribution is -1.90. The number of nitriles is 1. The molecule has 0 aliphatic carbocycles. The van der Waals surface area contributed by atoms with Crippen LogP contribution in [0.1, 0.15) is 11.1 Å². The summed E-state index contributed by atoms with van der Waals surface area (Å²) < 4.78 is 3.28. The van der Waals surface area contributed by atoms with Crippen LogP contribution in [0, 0.1) is 11.3 Å². The van der Waals surface area contributed by atoms with Crippen molar-refractivity contribution in [2.75, 3.05) is 0 Å². The third kappa shape index (κ3) is 2.15. The monoisotopic (exact) mass is 322 g/mol. The maximum Gasteiger partial charge on any atom is 0.217 e. The predicted octanol–water partition coefficient (Wildman–Crippen LogP) is 4.11. The van der Waals surface area contributed by atoms with Crippen molar-refractivity contribution in [3.63, 3.8) is 0 Å². The van der Waals surface area contributed by atoms with Crippen LogP contribution in [0.4, 0.5) is 0 Å². The quantitative estimate of drug-likeness (QED) is 0.533. The molecule has 0 saturated carbocycles. The average Bonchev–Trinajstić information content (AvgIpc) is 3.12. The number of thioether (sulfide) groups is 1.